The van der Waals surface area contributed by atoms with Gasteiger partial charge in [-0.2, -0.15) is 0 Å². The molecule has 0 spiro atoms. The first-order valence-corrected chi connectivity index (χ1v) is 9.60. The van der Waals surface area contributed by atoms with Gasteiger partial charge < -0.3 is 14.9 Å². The molecule has 1 aliphatic carbocycles. The van der Waals surface area contributed by atoms with Gasteiger partial charge in [0.1, 0.15) is 5.82 Å². The van der Waals surface area contributed by atoms with E-state index in [4.69, 9.17) is 0 Å². The summed E-state index contributed by atoms with van der Waals surface area (Å²) in [5.41, 5.74) is 4.44. The van der Waals surface area contributed by atoms with E-state index in [1.165, 1.54) is 19.3 Å². The summed E-state index contributed by atoms with van der Waals surface area (Å²) in [5.74, 6) is 1.51. The molecule has 6 heteroatoms. The molecule has 0 unspecified atom stereocenters. The van der Waals surface area contributed by atoms with E-state index in [1.807, 2.05) is 53.2 Å². The topological polar surface area (TPSA) is 75.6 Å². The molecule has 2 aromatic heterocycles. The van der Waals surface area contributed by atoms with Gasteiger partial charge in [0.15, 0.2) is 0 Å². The van der Waals surface area contributed by atoms with Crippen molar-refractivity contribution in [2.75, 3.05) is 5.32 Å². The average Bonchev–Trinajstić information content (AvgIpc) is 3.30. The minimum Gasteiger partial charge on any atom is -0.342 e. The lowest BCUT2D eigenvalue weighted by molar-refractivity contribution is 0.102. The van der Waals surface area contributed by atoms with Crippen molar-refractivity contribution in [1.29, 1.82) is 0 Å². The van der Waals surface area contributed by atoms with E-state index in [0.717, 1.165) is 34.7 Å². The summed E-state index contributed by atoms with van der Waals surface area (Å²) in [5, 5.41) is 2.98. The standard InChI is InChI=1S/C22H21N5O/c28-22(17-6-4-15(5-7-17)13-27-11-10-23-14-27)24-18-8-9-19-20(12-18)26-21(25-19)16-2-1-3-16/h4-12,14,16H,1-3,13H2,(H,24,28)(H,25,26). The van der Waals surface area contributed by atoms with Crippen molar-refractivity contribution < 1.29 is 4.79 Å². The number of aromatic amines is 1. The summed E-state index contributed by atoms with van der Waals surface area (Å²) in [6, 6.07) is 13.5. The number of aromatic nitrogens is 4. The molecule has 4 aromatic rings. The molecule has 2 heterocycles. The molecule has 0 atom stereocenters. The summed E-state index contributed by atoms with van der Waals surface area (Å²) in [7, 11) is 0. The summed E-state index contributed by atoms with van der Waals surface area (Å²) >= 11 is 0. The molecule has 28 heavy (non-hydrogen) atoms. The van der Waals surface area contributed by atoms with Crippen LogP contribution in [-0.2, 0) is 6.54 Å². The molecule has 140 valence electrons. The fourth-order valence-electron chi connectivity index (χ4n) is 3.54. The largest absolute Gasteiger partial charge is 0.342 e. The molecule has 1 amide bonds. The molecule has 1 aliphatic rings. The Labute approximate surface area is 162 Å². The van der Waals surface area contributed by atoms with E-state index >= 15 is 0 Å². The van der Waals surface area contributed by atoms with Crippen LogP contribution in [0, 0.1) is 0 Å². The fourth-order valence-corrected chi connectivity index (χ4v) is 3.54. The van der Waals surface area contributed by atoms with Gasteiger partial charge in [-0.15, -0.1) is 0 Å². The van der Waals surface area contributed by atoms with Crippen molar-refractivity contribution in [2.24, 2.45) is 0 Å². The Morgan fingerprint density at radius 2 is 2.04 bits per heavy atom. The normalized spacial score (nSPS) is 14.1. The molecular formula is C22H21N5O. The average molecular weight is 371 g/mol. The zero-order chi connectivity index (χ0) is 18.9. The second kappa shape index (κ2) is 6.96. The van der Waals surface area contributed by atoms with Crippen molar-refractivity contribution in [3.63, 3.8) is 0 Å². The second-order valence-corrected chi connectivity index (χ2v) is 7.37. The maximum Gasteiger partial charge on any atom is 0.255 e. The first kappa shape index (κ1) is 16.7. The SMILES string of the molecule is O=C(Nc1ccc2nc(C3CCC3)[nH]c2c1)c1ccc(Cn2ccnc2)cc1. The van der Waals surface area contributed by atoms with Crippen LogP contribution >= 0.6 is 0 Å². The Morgan fingerprint density at radius 1 is 1.18 bits per heavy atom. The molecule has 0 bridgehead atoms. The Balaban J connectivity index is 1.29. The minimum atomic E-state index is -0.118. The number of fused-ring (bicyclic) bond motifs is 1. The Kier molecular flexibility index (Phi) is 4.16. The van der Waals surface area contributed by atoms with E-state index in [0.29, 0.717) is 11.5 Å². The van der Waals surface area contributed by atoms with Gasteiger partial charge >= 0.3 is 0 Å². The lowest BCUT2D eigenvalue weighted by Gasteiger charge is -2.22. The number of benzene rings is 2. The number of amides is 1. The quantitative estimate of drug-likeness (QED) is 0.548. The fraction of sp³-hybridized carbons (Fsp3) is 0.227. The molecule has 2 aromatic carbocycles. The van der Waals surface area contributed by atoms with Crippen LogP contribution in [0.1, 0.15) is 46.9 Å². The van der Waals surface area contributed by atoms with Crippen molar-refractivity contribution >= 4 is 22.6 Å². The van der Waals surface area contributed by atoms with Gasteiger partial charge in [0.25, 0.3) is 5.91 Å². The molecule has 0 saturated heterocycles. The molecule has 2 N–H and O–H groups in total. The van der Waals surface area contributed by atoms with Gasteiger partial charge in [0.2, 0.25) is 0 Å². The molecular weight excluding hydrogens is 350 g/mol. The highest BCUT2D eigenvalue weighted by Crippen LogP contribution is 2.35. The van der Waals surface area contributed by atoms with E-state index in [2.05, 4.69) is 20.3 Å². The zero-order valence-corrected chi connectivity index (χ0v) is 15.4. The summed E-state index contributed by atoms with van der Waals surface area (Å²) in [6.45, 7) is 0.738. The third-order valence-electron chi connectivity index (χ3n) is 5.39. The molecule has 1 saturated carbocycles. The number of rotatable bonds is 5. The third kappa shape index (κ3) is 3.29. The summed E-state index contributed by atoms with van der Waals surface area (Å²) in [4.78, 5) is 24.7. The zero-order valence-electron chi connectivity index (χ0n) is 15.4. The van der Waals surface area contributed by atoms with E-state index < -0.39 is 0 Å². The number of hydrogen-bond donors (Lipinski definition) is 2. The van der Waals surface area contributed by atoms with Crippen LogP contribution in [-0.4, -0.2) is 25.4 Å². The van der Waals surface area contributed by atoms with Gasteiger partial charge in [-0.1, -0.05) is 18.6 Å². The van der Waals surface area contributed by atoms with Gasteiger partial charge in [-0.25, -0.2) is 9.97 Å². The van der Waals surface area contributed by atoms with Crippen LogP contribution in [0.4, 0.5) is 5.69 Å². The molecule has 0 aliphatic heterocycles. The van der Waals surface area contributed by atoms with Gasteiger partial charge in [-0.05, 0) is 48.7 Å². The number of carbonyl (C=O) groups excluding carboxylic acids is 1. The lowest BCUT2D eigenvalue weighted by atomic mass is 9.85. The smallest absolute Gasteiger partial charge is 0.255 e. The minimum absolute atomic E-state index is 0.118. The number of nitrogens with one attached hydrogen (secondary N) is 2. The highest BCUT2D eigenvalue weighted by Gasteiger charge is 2.22. The highest BCUT2D eigenvalue weighted by atomic mass is 16.1. The maximum absolute atomic E-state index is 12.6. The van der Waals surface area contributed by atoms with Crippen molar-refractivity contribution in [2.45, 2.75) is 31.7 Å². The van der Waals surface area contributed by atoms with Crippen molar-refractivity contribution in [3.8, 4) is 0 Å². The third-order valence-corrected chi connectivity index (χ3v) is 5.39. The molecule has 0 radical (unpaired) electrons. The maximum atomic E-state index is 12.6. The summed E-state index contributed by atoms with van der Waals surface area (Å²) < 4.78 is 1.99. The Hall–Kier alpha value is -3.41. The molecule has 6 nitrogen and oxygen atoms in total. The first-order chi connectivity index (χ1) is 13.7. The van der Waals surface area contributed by atoms with Crippen LogP contribution in [0.3, 0.4) is 0 Å². The van der Waals surface area contributed by atoms with Gasteiger partial charge in [0, 0.05) is 36.1 Å². The predicted octanol–water partition coefficient (Wildman–Crippen LogP) is 4.33. The Bertz CT molecular complexity index is 1110. The number of H-pyrrole nitrogens is 1. The van der Waals surface area contributed by atoms with Crippen LogP contribution in [0.15, 0.2) is 61.2 Å². The van der Waals surface area contributed by atoms with E-state index in [-0.39, 0.29) is 5.91 Å². The number of nitrogens with zero attached hydrogens (tertiary/aromatic N) is 3. The van der Waals surface area contributed by atoms with Crippen molar-refractivity contribution in [1.82, 2.24) is 19.5 Å². The van der Waals surface area contributed by atoms with Crippen LogP contribution in [0.5, 0.6) is 0 Å². The van der Waals surface area contributed by atoms with E-state index in [9.17, 15) is 4.79 Å². The van der Waals surface area contributed by atoms with Crippen molar-refractivity contribution in [3.05, 3.63) is 78.1 Å². The summed E-state index contributed by atoms with van der Waals surface area (Å²) in [6.07, 6.45) is 9.16. The lowest BCUT2D eigenvalue weighted by Crippen LogP contribution is -2.12. The van der Waals surface area contributed by atoms with Crippen LogP contribution in [0.2, 0.25) is 0 Å². The molecule has 5 rings (SSSR count). The number of hydrogen-bond acceptors (Lipinski definition) is 3. The van der Waals surface area contributed by atoms with E-state index in [1.54, 1.807) is 12.5 Å². The molecule has 1 fully saturated rings. The monoisotopic (exact) mass is 371 g/mol. The first-order valence-electron chi connectivity index (χ1n) is 9.60. The Morgan fingerprint density at radius 3 is 2.75 bits per heavy atom. The number of imidazole rings is 2. The number of carbonyl (C=O) groups is 1. The van der Waals surface area contributed by atoms with Gasteiger partial charge in [-0.3, -0.25) is 4.79 Å². The van der Waals surface area contributed by atoms with Crippen LogP contribution in [0.25, 0.3) is 11.0 Å². The van der Waals surface area contributed by atoms with Crippen LogP contribution < -0.4 is 5.32 Å². The number of anilines is 1. The predicted molar refractivity (Wildman–Crippen MR) is 108 cm³/mol. The second-order valence-electron chi connectivity index (χ2n) is 7.37. The highest BCUT2D eigenvalue weighted by molar-refractivity contribution is 6.05. The van der Waals surface area contributed by atoms with Gasteiger partial charge in [0.05, 0.1) is 17.4 Å².